The van der Waals surface area contributed by atoms with E-state index in [0.717, 1.165) is 5.56 Å². The number of rotatable bonds is 5. The van der Waals surface area contributed by atoms with Crippen molar-refractivity contribution in [1.29, 1.82) is 0 Å². The molecule has 0 fully saturated rings. The van der Waals surface area contributed by atoms with Crippen LogP contribution in [-0.2, 0) is 11.5 Å². The normalized spacial score (nSPS) is 12.1. The number of carboxylic acid groups (broad SMARTS) is 1. The molecule has 1 unspecified atom stereocenters. The smallest absolute Gasteiger partial charge is 0.304 e. The van der Waals surface area contributed by atoms with E-state index < -0.39 is 18.6 Å². The molecule has 0 radical (unpaired) electrons. The molecule has 2 rings (SSSR count). The first-order valence-electron chi connectivity index (χ1n) is 6.33. The molecule has 5 heteroatoms. The van der Waals surface area contributed by atoms with Gasteiger partial charge in [0.25, 0.3) is 0 Å². The molecule has 2 aromatic carbocycles. The van der Waals surface area contributed by atoms with Crippen LogP contribution < -0.4 is 0 Å². The van der Waals surface area contributed by atoms with Gasteiger partial charge in [-0.05, 0) is 34.9 Å². The first-order chi connectivity index (χ1) is 10.0. The van der Waals surface area contributed by atoms with Crippen molar-refractivity contribution in [3.05, 3.63) is 69.4 Å². The number of carboxylic acids is 1. The van der Waals surface area contributed by atoms with E-state index in [4.69, 9.17) is 5.11 Å². The number of hydrogen-bond donors (Lipinski definition) is 1. The monoisotopic (exact) mass is 354 g/mol. The lowest BCUT2D eigenvalue weighted by Crippen LogP contribution is -2.09. The Balaban J connectivity index is 2.45. The predicted molar refractivity (Wildman–Crippen MR) is 79.4 cm³/mol. The third kappa shape index (κ3) is 3.88. The van der Waals surface area contributed by atoms with E-state index >= 15 is 0 Å². The summed E-state index contributed by atoms with van der Waals surface area (Å²) in [5, 5.41) is 9.10. The van der Waals surface area contributed by atoms with Crippen LogP contribution in [0.15, 0.2) is 46.9 Å². The average Bonchev–Trinajstić information content (AvgIpc) is 2.46. The summed E-state index contributed by atoms with van der Waals surface area (Å²) in [5.74, 6) is -1.75. The van der Waals surface area contributed by atoms with Crippen molar-refractivity contribution in [2.45, 2.75) is 19.0 Å². The maximum atomic E-state index is 13.0. The van der Waals surface area contributed by atoms with Crippen molar-refractivity contribution in [1.82, 2.24) is 0 Å². The first-order valence-corrected chi connectivity index (χ1v) is 7.12. The molecule has 1 atom stereocenters. The molecule has 0 amide bonds. The van der Waals surface area contributed by atoms with Gasteiger partial charge < -0.3 is 5.11 Å². The third-order valence-corrected chi connectivity index (χ3v) is 3.93. The Bertz CT molecular complexity index is 641. The molecule has 0 spiro atoms. The van der Waals surface area contributed by atoms with Gasteiger partial charge in [-0.25, -0.2) is 8.78 Å². The zero-order valence-corrected chi connectivity index (χ0v) is 12.6. The van der Waals surface area contributed by atoms with E-state index in [1.807, 2.05) is 0 Å². The maximum absolute atomic E-state index is 13.0. The highest BCUT2D eigenvalue weighted by atomic mass is 79.9. The zero-order valence-electron chi connectivity index (χ0n) is 11.0. The fourth-order valence-electron chi connectivity index (χ4n) is 2.21. The summed E-state index contributed by atoms with van der Waals surface area (Å²) in [6.07, 6.45) is -0.126. The van der Waals surface area contributed by atoms with Gasteiger partial charge in [-0.3, -0.25) is 4.79 Å². The van der Waals surface area contributed by atoms with Crippen LogP contribution in [0.1, 0.15) is 29.0 Å². The number of carbonyl (C=O) groups is 1. The minimum atomic E-state index is -0.953. The first kappa shape index (κ1) is 15.6. The summed E-state index contributed by atoms with van der Waals surface area (Å²) in [7, 11) is 0. The quantitative estimate of drug-likeness (QED) is 0.847. The molecule has 0 aromatic heterocycles. The van der Waals surface area contributed by atoms with E-state index in [1.165, 1.54) is 12.1 Å². The van der Waals surface area contributed by atoms with Crippen LogP contribution in [0.4, 0.5) is 8.78 Å². The van der Waals surface area contributed by atoms with Crippen molar-refractivity contribution in [3.63, 3.8) is 0 Å². The van der Waals surface area contributed by atoms with Crippen LogP contribution in [0.2, 0.25) is 0 Å². The van der Waals surface area contributed by atoms with Crippen molar-refractivity contribution >= 4 is 21.9 Å². The Morgan fingerprint density at radius 3 is 2.38 bits per heavy atom. The zero-order chi connectivity index (χ0) is 15.4. The highest BCUT2D eigenvalue weighted by molar-refractivity contribution is 9.10. The summed E-state index contributed by atoms with van der Waals surface area (Å²) in [6, 6.07) is 10.7. The Morgan fingerprint density at radius 2 is 1.86 bits per heavy atom. The topological polar surface area (TPSA) is 37.3 Å². The van der Waals surface area contributed by atoms with Gasteiger partial charge >= 0.3 is 5.97 Å². The van der Waals surface area contributed by atoms with Gasteiger partial charge in [-0.15, -0.1) is 0 Å². The second-order valence-electron chi connectivity index (χ2n) is 4.69. The second-order valence-corrected chi connectivity index (χ2v) is 5.55. The Labute approximate surface area is 129 Å². The summed E-state index contributed by atoms with van der Waals surface area (Å²) in [6.45, 7) is -0.584. The van der Waals surface area contributed by atoms with E-state index in [2.05, 4.69) is 15.9 Å². The number of benzene rings is 2. The summed E-state index contributed by atoms with van der Waals surface area (Å²) in [4.78, 5) is 11.1. The third-order valence-electron chi connectivity index (χ3n) is 3.25. The molecule has 0 saturated carbocycles. The standard InChI is InChI=1S/C16H13BrF2O2/c17-15-7-10(9-18)1-6-13(15)14(8-16(20)21)11-2-4-12(19)5-3-11/h1-7,14H,8-9H2,(H,20,21). The van der Waals surface area contributed by atoms with Crippen LogP contribution in [0.25, 0.3) is 0 Å². The van der Waals surface area contributed by atoms with E-state index in [9.17, 15) is 13.6 Å². The number of halogens is 3. The van der Waals surface area contributed by atoms with Crippen molar-refractivity contribution in [2.24, 2.45) is 0 Å². The van der Waals surface area contributed by atoms with Gasteiger partial charge in [-0.1, -0.05) is 40.2 Å². The summed E-state index contributed by atoms with van der Waals surface area (Å²) < 4.78 is 26.3. The van der Waals surface area contributed by atoms with Gasteiger partial charge in [0.1, 0.15) is 12.5 Å². The molecular weight excluding hydrogens is 342 g/mol. The average molecular weight is 355 g/mol. The second kappa shape index (κ2) is 6.80. The Hall–Kier alpha value is -1.75. The van der Waals surface area contributed by atoms with E-state index in [1.54, 1.807) is 30.3 Å². The summed E-state index contributed by atoms with van der Waals surface area (Å²) in [5.41, 5.74) is 1.95. The van der Waals surface area contributed by atoms with Gasteiger partial charge in [0, 0.05) is 10.4 Å². The fourth-order valence-corrected chi connectivity index (χ4v) is 2.92. The minimum absolute atomic E-state index is 0.126. The largest absolute Gasteiger partial charge is 0.481 e. The molecule has 2 nitrogen and oxygen atoms in total. The molecule has 1 N–H and O–H groups in total. The summed E-state index contributed by atoms with van der Waals surface area (Å²) >= 11 is 3.36. The highest BCUT2D eigenvalue weighted by Crippen LogP contribution is 2.34. The van der Waals surface area contributed by atoms with Gasteiger partial charge in [-0.2, -0.15) is 0 Å². The van der Waals surface area contributed by atoms with Crippen LogP contribution in [0.3, 0.4) is 0 Å². The molecule has 110 valence electrons. The predicted octanol–water partition coefficient (Wildman–Crippen LogP) is 4.66. The Morgan fingerprint density at radius 1 is 1.19 bits per heavy atom. The number of hydrogen-bond acceptors (Lipinski definition) is 1. The van der Waals surface area contributed by atoms with Crippen molar-refractivity contribution in [2.75, 3.05) is 0 Å². The number of alkyl halides is 1. The molecule has 0 bridgehead atoms. The minimum Gasteiger partial charge on any atom is -0.481 e. The lowest BCUT2D eigenvalue weighted by atomic mass is 9.88. The molecule has 0 aliphatic carbocycles. The molecule has 0 heterocycles. The van der Waals surface area contributed by atoms with Crippen LogP contribution >= 0.6 is 15.9 Å². The van der Waals surface area contributed by atoms with E-state index in [-0.39, 0.29) is 12.2 Å². The molecular formula is C16H13BrF2O2. The Kier molecular flexibility index (Phi) is 5.07. The van der Waals surface area contributed by atoms with Gasteiger partial charge in [0.2, 0.25) is 0 Å². The molecule has 0 aliphatic heterocycles. The van der Waals surface area contributed by atoms with Gasteiger partial charge in [0.05, 0.1) is 6.42 Å². The molecule has 2 aromatic rings. The fraction of sp³-hybridized carbons (Fsp3) is 0.188. The van der Waals surface area contributed by atoms with Crippen molar-refractivity contribution in [3.8, 4) is 0 Å². The van der Waals surface area contributed by atoms with Crippen LogP contribution in [0, 0.1) is 5.82 Å². The highest BCUT2D eigenvalue weighted by Gasteiger charge is 2.20. The maximum Gasteiger partial charge on any atom is 0.304 e. The number of aliphatic carboxylic acids is 1. The lowest BCUT2D eigenvalue weighted by molar-refractivity contribution is -0.137. The van der Waals surface area contributed by atoms with Gasteiger partial charge in [0.15, 0.2) is 0 Å². The van der Waals surface area contributed by atoms with Crippen LogP contribution in [-0.4, -0.2) is 11.1 Å². The lowest BCUT2D eigenvalue weighted by Gasteiger charge is -2.18. The SMILES string of the molecule is O=C(O)CC(c1ccc(F)cc1)c1ccc(CF)cc1Br. The van der Waals surface area contributed by atoms with E-state index in [0.29, 0.717) is 15.6 Å². The van der Waals surface area contributed by atoms with Crippen molar-refractivity contribution < 1.29 is 18.7 Å². The molecule has 0 saturated heterocycles. The molecule has 21 heavy (non-hydrogen) atoms. The van der Waals surface area contributed by atoms with Crippen LogP contribution in [0.5, 0.6) is 0 Å². The molecule has 0 aliphatic rings.